The van der Waals surface area contributed by atoms with Crippen LogP contribution >= 0.6 is 11.8 Å². The van der Waals surface area contributed by atoms with E-state index in [1.807, 2.05) is 54.6 Å². The number of rotatable bonds is 8. The van der Waals surface area contributed by atoms with Crippen molar-refractivity contribution < 1.29 is 19.1 Å². The first-order valence-electron chi connectivity index (χ1n) is 11.1. The first-order valence-corrected chi connectivity index (χ1v) is 12.0. The van der Waals surface area contributed by atoms with Gasteiger partial charge in [-0.1, -0.05) is 42.1 Å². The highest BCUT2D eigenvalue weighted by Gasteiger charge is 2.39. The van der Waals surface area contributed by atoms with Gasteiger partial charge in [0, 0.05) is 17.7 Å². The summed E-state index contributed by atoms with van der Waals surface area (Å²) >= 11 is 1.29. The van der Waals surface area contributed by atoms with E-state index in [4.69, 9.17) is 9.73 Å². The maximum Gasteiger partial charge on any atom is 0.242 e. The monoisotopic (exact) mass is 487 g/mol. The quantitative estimate of drug-likeness (QED) is 0.449. The Balaban J connectivity index is 1.51. The van der Waals surface area contributed by atoms with Crippen LogP contribution in [0.15, 0.2) is 83.9 Å². The number of ketones is 1. The second-order valence-corrected chi connectivity index (χ2v) is 9.16. The summed E-state index contributed by atoms with van der Waals surface area (Å²) in [5.41, 5.74) is 2.80. The summed E-state index contributed by atoms with van der Waals surface area (Å²) in [6.07, 6.45) is 0.00484. The van der Waals surface area contributed by atoms with Crippen molar-refractivity contribution in [3.05, 3.63) is 90.0 Å². The van der Waals surface area contributed by atoms with Crippen LogP contribution < -0.4 is 10.1 Å². The zero-order chi connectivity index (χ0) is 24.8. The zero-order valence-electron chi connectivity index (χ0n) is 19.4. The first kappa shape index (κ1) is 24.2. The van der Waals surface area contributed by atoms with Crippen molar-refractivity contribution in [1.29, 1.82) is 0 Å². The number of amidine groups is 1. The molecule has 0 saturated carbocycles. The number of Topliss-reactive ketones (excluding diaryl/α,β-unsaturated/α-hetero) is 1. The number of anilines is 1. The molecular formula is C27H25N3O4S. The molecule has 2 amide bonds. The van der Waals surface area contributed by atoms with Crippen molar-refractivity contribution in [1.82, 2.24) is 4.90 Å². The number of hydrogen-bond donors (Lipinski definition) is 1. The largest absolute Gasteiger partial charge is 0.497 e. The Kier molecular flexibility index (Phi) is 7.62. The first-order chi connectivity index (χ1) is 16.9. The summed E-state index contributed by atoms with van der Waals surface area (Å²) in [4.78, 5) is 43.8. The van der Waals surface area contributed by atoms with Crippen molar-refractivity contribution in [2.24, 2.45) is 4.99 Å². The van der Waals surface area contributed by atoms with Crippen LogP contribution in [0.5, 0.6) is 5.75 Å². The van der Waals surface area contributed by atoms with Crippen molar-refractivity contribution in [2.45, 2.75) is 25.1 Å². The van der Waals surface area contributed by atoms with Gasteiger partial charge >= 0.3 is 0 Å². The topological polar surface area (TPSA) is 88.1 Å². The highest BCUT2D eigenvalue weighted by molar-refractivity contribution is 8.15. The maximum absolute atomic E-state index is 13.3. The molecule has 1 atom stereocenters. The third-order valence-electron chi connectivity index (χ3n) is 5.45. The highest BCUT2D eigenvalue weighted by atomic mass is 32.2. The number of nitrogens with one attached hydrogen (secondary N) is 1. The Bertz CT molecular complexity index is 1240. The molecule has 1 heterocycles. The average Bonchev–Trinajstić information content (AvgIpc) is 3.14. The lowest BCUT2D eigenvalue weighted by Gasteiger charge is -2.16. The molecule has 1 N–H and O–H groups in total. The van der Waals surface area contributed by atoms with Crippen LogP contribution in [0.4, 0.5) is 11.4 Å². The van der Waals surface area contributed by atoms with E-state index in [0.29, 0.717) is 28.7 Å². The number of hydrogen-bond acceptors (Lipinski definition) is 6. The van der Waals surface area contributed by atoms with E-state index in [9.17, 15) is 14.4 Å². The number of ether oxygens (including phenoxy) is 1. The summed E-state index contributed by atoms with van der Waals surface area (Å²) in [6, 6.07) is 23.6. The number of benzene rings is 3. The summed E-state index contributed by atoms with van der Waals surface area (Å²) in [6.45, 7) is 1.86. The van der Waals surface area contributed by atoms with Crippen LogP contribution in [0.25, 0.3) is 0 Å². The maximum atomic E-state index is 13.3. The molecule has 0 aliphatic carbocycles. The Morgan fingerprint density at radius 3 is 2.31 bits per heavy atom. The Morgan fingerprint density at radius 2 is 1.69 bits per heavy atom. The molecule has 1 unspecified atom stereocenters. The fourth-order valence-electron chi connectivity index (χ4n) is 3.57. The third-order valence-corrected chi connectivity index (χ3v) is 6.62. The van der Waals surface area contributed by atoms with Crippen LogP contribution in [-0.2, 0) is 16.1 Å². The normalized spacial score (nSPS) is 16.4. The lowest BCUT2D eigenvalue weighted by atomic mass is 10.1. The predicted octanol–water partition coefficient (Wildman–Crippen LogP) is 5.06. The van der Waals surface area contributed by atoms with Gasteiger partial charge in [0.25, 0.3) is 0 Å². The second kappa shape index (κ2) is 11.0. The van der Waals surface area contributed by atoms with E-state index in [2.05, 4.69) is 5.32 Å². The minimum Gasteiger partial charge on any atom is -0.497 e. The van der Waals surface area contributed by atoms with Crippen molar-refractivity contribution in [3.8, 4) is 5.75 Å². The van der Waals surface area contributed by atoms with E-state index >= 15 is 0 Å². The number of nitrogens with zero attached hydrogens (tertiary/aromatic N) is 2. The van der Waals surface area contributed by atoms with Crippen LogP contribution in [0.2, 0.25) is 0 Å². The molecule has 1 fully saturated rings. The summed E-state index contributed by atoms with van der Waals surface area (Å²) in [5.74, 6) is 0.235. The van der Waals surface area contributed by atoms with E-state index in [1.165, 1.54) is 18.7 Å². The zero-order valence-corrected chi connectivity index (χ0v) is 20.2. The average molecular weight is 488 g/mol. The van der Waals surface area contributed by atoms with Crippen LogP contribution in [-0.4, -0.2) is 40.0 Å². The Labute approximate surface area is 208 Å². The van der Waals surface area contributed by atoms with E-state index in [1.54, 1.807) is 36.3 Å². The molecule has 8 heteroatoms. The number of carbonyl (C=O) groups excluding carboxylic acids is 3. The molecule has 178 valence electrons. The highest BCUT2D eigenvalue weighted by Crippen LogP contribution is 2.33. The Hall–Kier alpha value is -3.91. The molecule has 1 aliphatic rings. The fourth-order valence-corrected chi connectivity index (χ4v) is 4.73. The standard InChI is InChI=1S/C27H25N3O4S/c1-18(31)20-8-10-21(11-9-20)28-25(32)16-24-26(33)30(17-19-6-4-3-5-7-19)27(35-24)29-22-12-14-23(34-2)15-13-22/h3-15,24H,16-17H2,1-2H3,(H,28,32). The summed E-state index contributed by atoms with van der Waals surface area (Å²) < 4.78 is 5.20. The smallest absolute Gasteiger partial charge is 0.242 e. The van der Waals surface area contributed by atoms with Gasteiger partial charge < -0.3 is 10.1 Å². The van der Waals surface area contributed by atoms with Gasteiger partial charge in [-0.15, -0.1) is 0 Å². The Morgan fingerprint density at radius 1 is 1.00 bits per heavy atom. The molecule has 0 aromatic heterocycles. The lowest BCUT2D eigenvalue weighted by molar-refractivity contribution is -0.128. The summed E-state index contributed by atoms with van der Waals surface area (Å²) in [7, 11) is 1.60. The van der Waals surface area contributed by atoms with Crippen molar-refractivity contribution in [3.63, 3.8) is 0 Å². The van der Waals surface area contributed by atoms with Gasteiger partial charge in [0.2, 0.25) is 11.8 Å². The van der Waals surface area contributed by atoms with Crippen molar-refractivity contribution in [2.75, 3.05) is 12.4 Å². The number of thioether (sulfide) groups is 1. The molecule has 0 radical (unpaired) electrons. The number of carbonyl (C=O) groups is 3. The molecule has 35 heavy (non-hydrogen) atoms. The molecule has 0 bridgehead atoms. The molecule has 4 rings (SSSR count). The molecule has 7 nitrogen and oxygen atoms in total. The van der Waals surface area contributed by atoms with Crippen molar-refractivity contribution >= 4 is 45.9 Å². The van der Waals surface area contributed by atoms with E-state index < -0.39 is 5.25 Å². The molecule has 3 aromatic carbocycles. The van der Waals surface area contributed by atoms with Gasteiger partial charge in [-0.25, -0.2) is 4.99 Å². The molecule has 1 aliphatic heterocycles. The van der Waals surface area contributed by atoms with Gasteiger partial charge in [0.05, 0.1) is 19.3 Å². The fraction of sp³-hybridized carbons (Fsp3) is 0.185. The van der Waals surface area contributed by atoms with Crippen LogP contribution in [0.3, 0.4) is 0 Å². The molecule has 0 spiro atoms. The predicted molar refractivity (Wildman–Crippen MR) is 138 cm³/mol. The number of methoxy groups -OCH3 is 1. The summed E-state index contributed by atoms with van der Waals surface area (Å²) in [5, 5.41) is 2.77. The SMILES string of the molecule is COc1ccc(N=C2SC(CC(=O)Nc3ccc(C(C)=O)cc3)C(=O)N2Cc2ccccc2)cc1. The third kappa shape index (κ3) is 6.16. The molecule has 1 saturated heterocycles. The van der Waals surface area contributed by atoms with Gasteiger partial charge in [-0.3, -0.25) is 19.3 Å². The van der Waals surface area contributed by atoms with Crippen LogP contribution in [0, 0.1) is 0 Å². The second-order valence-electron chi connectivity index (χ2n) is 7.99. The van der Waals surface area contributed by atoms with Gasteiger partial charge in [-0.05, 0) is 61.0 Å². The van der Waals surface area contributed by atoms with Gasteiger partial charge in [-0.2, -0.15) is 0 Å². The van der Waals surface area contributed by atoms with E-state index in [-0.39, 0.29) is 24.0 Å². The van der Waals surface area contributed by atoms with Crippen LogP contribution in [0.1, 0.15) is 29.3 Å². The number of amides is 2. The molecular weight excluding hydrogens is 462 g/mol. The van der Waals surface area contributed by atoms with Gasteiger partial charge in [0.15, 0.2) is 11.0 Å². The van der Waals surface area contributed by atoms with Gasteiger partial charge in [0.1, 0.15) is 11.0 Å². The van der Waals surface area contributed by atoms with E-state index in [0.717, 1.165) is 11.3 Å². The molecule has 3 aromatic rings. The lowest BCUT2D eigenvalue weighted by Crippen LogP contribution is -2.33. The minimum absolute atomic E-state index is 0.00484. The number of aliphatic imine (C=N–C) groups is 1. The minimum atomic E-state index is -0.591.